The van der Waals surface area contributed by atoms with Crippen molar-refractivity contribution < 1.29 is 14.3 Å². The quantitative estimate of drug-likeness (QED) is 0.802. The van der Waals surface area contributed by atoms with Gasteiger partial charge < -0.3 is 9.47 Å². The molecule has 0 amide bonds. The molecule has 0 saturated carbocycles. The predicted molar refractivity (Wildman–Crippen MR) is 74.3 cm³/mol. The van der Waals surface area contributed by atoms with E-state index >= 15 is 0 Å². The molecule has 0 aliphatic rings. The first-order chi connectivity index (χ1) is 10.2. The lowest BCUT2D eigenvalue weighted by molar-refractivity contribution is 0.112. The maximum atomic E-state index is 10.7. The molecule has 0 bridgehead atoms. The van der Waals surface area contributed by atoms with Crippen molar-refractivity contribution in [2.24, 2.45) is 0 Å². The summed E-state index contributed by atoms with van der Waals surface area (Å²) >= 11 is 0. The van der Waals surface area contributed by atoms with Gasteiger partial charge in [-0.05, 0) is 36.4 Å². The SMILES string of the molecule is COc1cc(C=O)ccc1Oc1ccc(C#N)c(C#N)c1. The molecule has 2 rings (SSSR count). The van der Waals surface area contributed by atoms with Crippen LogP contribution in [0.25, 0.3) is 0 Å². The normalized spacial score (nSPS) is 9.29. The Hall–Kier alpha value is -3.31. The fraction of sp³-hybridized carbons (Fsp3) is 0.0625. The Labute approximate surface area is 121 Å². The Bertz CT molecular complexity index is 770. The van der Waals surface area contributed by atoms with Gasteiger partial charge in [0.05, 0.1) is 18.2 Å². The number of benzene rings is 2. The van der Waals surface area contributed by atoms with Gasteiger partial charge in [0, 0.05) is 5.56 Å². The van der Waals surface area contributed by atoms with Gasteiger partial charge in [-0.25, -0.2) is 0 Å². The minimum Gasteiger partial charge on any atom is -0.493 e. The van der Waals surface area contributed by atoms with Crippen LogP contribution < -0.4 is 9.47 Å². The second kappa shape index (κ2) is 6.23. The van der Waals surface area contributed by atoms with E-state index in [4.69, 9.17) is 20.0 Å². The fourth-order valence-corrected chi connectivity index (χ4v) is 1.75. The molecule has 0 spiro atoms. The van der Waals surface area contributed by atoms with E-state index in [9.17, 15) is 4.79 Å². The van der Waals surface area contributed by atoms with E-state index in [-0.39, 0.29) is 11.1 Å². The molecular weight excluding hydrogens is 268 g/mol. The lowest BCUT2D eigenvalue weighted by Gasteiger charge is -2.11. The van der Waals surface area contributed by atoms with Crippen molar-refractivity contribution in [1.82, 2.24) is 0 Å². The van der Waals surface area contributed by atoms with Crippen LogP contribution in [0.4, 0.5) is 0 Å². The predicted octanol–water partition coefficient (Wildman–Crippen LogP) is 3.04. The summed E-state index contributed by atoms with van der Waals surface area (Å²) in [5.41, 5.74) is 0.989. The summed E-state index contributed by atoms with van der Waals surface area (Å²) in [6.07, 6.45) is 0.710. The lowest BCUT2D eigenvalue weighted by Crippen LogP contribution is -1.93. The molecule has 5 heteroatoms. The molecule has 102 valence electrons. The van der Waals surface area contributed by atoms with Crippen LogP contribution in [0.1, 0.15) is 21.5 Å². The zero-order valence-electron chi connectivity index (χ0n) is 11.2. The third kappa shape index (κ3) is 2.99. The second-order valence-electron chi connectivity index (χ2n) is 4.06. The monoisotopic (exact) mass is 278 g/mol. The molecule has 0 aromatic heterocycles. The summed E-state index contributed by atoms with van der Waals surface area (Å²) in [6.45, 7) is 0. The standard InChI is InChI=1S/C16H10N2O3/c1-20-16-6-11(10-19)2-5-15(16)21-14-4-3-12(8-17)13(7-14)9-18/h2-7,10H,1H3. The highest BCUT2D eigenvalue weighted by Gasteiger charge is 2.09. The molecule has 0 aliphatic heterocycles. The van der Waals surface area contributed by atoms with E-state index in [1.165, 1.54) is 19.2 Å². The number of methoxy groups -OCH3 is 1. The van der Waals surface area contributed by atoms with E-state index < -0.39 is 0 Å². The van der Waals surface area contributed by atoms with Crippen molar-refractivity contribution in [3.63, 3.8) is 0 Å². The zero-order chi connectivity index (χ0) is 15.2. The number of carbonyl (C=O) groups is 1. The van der Waals surface area contributed by atoms with E-state index in [0.29, 0.717) is 29.1 Å². The minimum absolute atomic E-state index is 0.235. The number of nitriles is 2. The van der Waals surface area contributed by atoms with Gasteiger partial charge in [-0.15, -0.1) is 0 Å². The van der Waals surface area contributed by atoms with Gasteiger partial charge >= 0.3 is 0 Å². The molecule has 0 fully saturated rings. The molecule has 2 aromatic rings. The molecule has 2 aromatic carbocycles. The maximum Gasteiger partial charge on any atom is 0.169 e. The van der Waals surface area contributed by atoms with Crippen LogP contribution in [0.3, 0.4) is 0 Å². The number of aldehydes is 1. The first-order valence-corrected chi connectivity index (χ1v) is 5.97. The summed E-state index contributed by atoms with van der Waals surface area (Å²) in [5.74, 6) is 1.22. The van der Waals surface area contributed by atoms with Crippen LogP contribution in [0.15, 0.2) is 36.4 Å². The van der Waals surface area contributed by atoms with Gasteiger partial charge in [-0.3, -0.25) is 4.79 Å². The Morgan fingerprint density at radius 2 is 1.76 bits per heavy atom. The summed E-state index contributed by atoms with van der Waals surface area (Å²) in [6, 6.07) is 13.2. The summed E-state index contributed by atoms with van der Waals surface area (Å²) in [4.78, 5) is 10.7. The van der Waals surface area contributed by atoms with Crippen LogP contribution >= 0.6 is 0 Å². The average Bonchev–Trinajstić information content (AvgIpc) is 2.55. The highest BCUT2D eigenvalue weighted by Crippen LogP contribution is 2.32. The highest BCUT2D eigenvalue weighted by molar-refractivity contribution is 5.76. The molecule has 0 atom stereocenters. The van der Waals surface area contributed by atoms with Crippen LogP contribution in [0, 0.1) is 22.7 Å². The molecule has 0 heterocycles. The highest BCUT2D eigenvalue weighted by atomic mass is 16.5. The lowest BCUT2D eigenvalue weighted by atomic mass is 10.1. The molecule has 0 unspecified atom stereocenters. The Kier molecular flexibility index (Phi) is 4.18. The van der Waals surface area contributed by atoms with Crippen molar-refractivity contribution in [2.45, 2.75) is 0 Å². The van der Waals surface area contributed by atoms with Crippen LogP contribution in [-0.4, -0.2) is 13.4 Å². The smallest absolute Gasteiger partial charge is 0.169 e. The maximum absolute atomic E-state index is 10.7. The Balaban J connectivity index is 2.37. The van der Waals surface area contributed by atoms with Crippen molar-refractivity contribution in [3.05, 3.63) is 53.1 Å². The number of hydrogen-bond donors (Lipinski definition) is 0. The van der Waals surface area contributed by atoms with Gasteiger partial charge in [0.1, 0.15) is 24.2 Å². The van der Waals surface area contributed by atoms with Crippen molar-refractivity contribution >= 4 is 6.29 Å². The van der Waals surface area contributed by atoms with Crippen molar-refractivity contribution in [2.75, 3.05) is 7.11 Å². The molecule has 0 radical (unpaired) electrons. The second-order valence-corrected chi connectivity index (χ2v) is 4.06. The van der Waals surface area contributed by atoms with Crippen LogP contribution in [0.2, 0.25) is 0 Å². The van der Waals surface area contributed by atoms with Gasteiger partial charge in [0.2, 0.25) is 0 Å². The first kappa shape index (κ1) is 14.1. The van der Waals surface area contributed by atoms with Crippen molar-refractivity contribution in [3.8, 4) is 29.4 Å². The number of nitrogens with zero attached hydrogens (tertiary/aromatic N) is 2. The number of carbonyl (C=O) groups excluding carboxylic acids is 1. The van der Waals surface area contributed by atoms with Crippen molar-refractivity contribution in [1.29, 1.82) is 10.5 Å². The molecule has 5 nitrogen and oxygen atoms in total. The Morgan fingerprint density at radius 3 is 2.38 bits per heavy atom. The topological polar surface area (TPSA) is 83.1 Å². The molecule has 0 saturated heterocycles. The fourth-order valence-electron chi connectivity index (χ4n) is 1.75. The summed E-state index contributed by atoms with van der Waals surface area (Å²) in [5, 5.41) is 17.9. The van der Waals surface area contributed by atoms with Gasteiger partial charge in [0.15, 0.2) is 11.5 Å². The summed E-state index contributed by atoms with van der Waals surface area (Å²) < 4.78 is 10.8. The molecule has 21 heavy (non-hydrogen) atoms. The first-order valence-electron chi connectivity index (χ1n) is 5.97. The number of ether oxygens (including phenoxy) is 2. The minimum atomic E-state index is 0.235. The zero-order valence-corrected chi connectivity index (χ0v) is 11.2. The van der Waals surface area contributed by atoms with Gasteiger partial charge in [-0.1, -0.05) is 0 Å². The number of rotatable bonds is 4. The van der Waals surface area contributed by atoms with Crippen LogP contribution in [-0.2, 0) is 0 Å². The van der Waals surface area contributed by atoms with Crippen LogP contribution in [0.5, 0.6) is 17.2 Å². The van der Waals surface area contributed by atoms with Gasteiger partial charge in [0.25, 0.3) is 0 Å². The molecule has 0 N–H and O–H groups in total. The average molecular weight is 278 g/mol. The molecular formula is C16H10N2O3. The Morgan fingerprint density at radius 1 is 1.00 bits per heavy atom. The molecule has 0 aliphatic carbocycles. The largest absolute Gasteiger partial charge is 0.493 e. The van der Waals surface area contributed by atoms with E-state index in [0.717, 1.165) is 0 Å². The number of hydrogen-bond acceptors (Lipinski definition) is 5. The van der Waals surface area contributed by atoms with E-state index in [1.807, 2.05) is 12.1 Å². The van der Waals surface area contributed by atoms with Gasteiger partial charge in [-0.2, -0.15) is 10.5 Å². The third-order valence-corrected chi connectivity index (χ3v) is 2.78. The van der Waals surface area contributed by atoms with E-state index in [1.54, 1.807) is 24.3 Å². The third-order valence-electron chi connectivity index (χ3n) is 2.78. The summed E-state index contributed by atoms with van der Waals surface area (Å²) in [7, 11) is 1.47. The van der Waals surface area contributed by atoms with E-state index in [2.05, 4.69) is 0 Å².